The number of benzene rings is 2. The average Bonchev–Trinajstić information content (AvgIpc) is 2.76. The third-order valence-electron chi connectivity index (χ3n) is 5.28. The first-order valence-corrected chi connectivity index (χ1v) is 9.94. The molecule has 0 saturated carbocycles. The fraction of sp³-hybridized carbons (Fsp3) is 0.227. The van der Waals surface area contributed by atoms with Crippen molar-refractivity contribution in [2.75, 3.05) is 13.2 Å². The van der Waals surface area contributed by atoms with Gasteiger partial charge in [0.15, 0.2) is 0 Å². The number of hydrogen-bond acceptors (Lipinski definition) is 4. The molecular formula is C22H20ClN3O4. The van der Waals surface area contributed by atoms with Gasteiger partial charge >= 0.3 is 0 Å². The third-order valence-corrected chi connectivity index (χ3v) is 5.53. The highest BCUT2D eigenvalue weighted by Crippen LogP contribution is 2.33. The van der Waals surface area contributed by atoms with Gasteiger partial charge < -0.3 is 10.1 Å². The van der Waals surface area contributed by atoms with E-state index in [-0.39, 0.29) is 5.91 Å². The number of aromatic nitrogens is 2. The summed E-state index contributed by atoms with van der Waals surface area (Å²) in [5, 5.41) is 6.26. The summed E-state index contributed by atoms with van der Waals surface area (Å²) in [6.45, 7) is 1.06. The summed E-state index contributed by atoms with van der Waals surface area (Å²) in [7, 11) is 0. The Balaban J connectivity index is 1.67. The van der Waals surface area contributed by atoms with Crippen LogP contribution in [0.3, 0.4) is 0 Å². The Morgan fingerprint density at radius 1 is 1.03 bits per heavy atom. The van der Waals surface area contributed by atoms with E-state index in [9.17, 15) is 14.4 Å². The quantitative estimate of drug-likeness (QED) is 0.672. The second kappa shape index (κ2) is 8.30. The van der Waals surface area contributed by atoms with Crippen LogP contribution in [0.5, 0.6) is 0 Å². The number of carbonyl (C=O) groups excluding carboxylic acids is 1. The largest absolute Gasteiger partial charge is 0.381 e. The van der Waals surface area contributed by atoms with Gasteiger partial charge in [-0.1, -0.05) is 29.8 Å². The zero-order valence-corrected chi connectivity index (χ0v) is 16.8. The van der Waals surface area contributed by atoms with E-state index < -0.39 is 16.7 Å². The van der Waals surface area contributed by atoms with Crippen molar-refractivity contribution in [3.05, 3.63) is 97.5 Å². The molecule has 2 aromatic carbocycles. The van der Waals surface area contributed by atoms with Gasteiger partial charge in [-0.05, 0) is 48.7 Å². The smallest absolute Gasteiger partial charge is 0.269 e. The summed E-state index contributed by atoms with van der Waals surface area (Å²) in [6.07, 6.45) is 1.26. The van der Waals surface area contributed by atoms with Crippen molar-refractivity contribution in [3.63, 3.8) is 0 Å². The molecule has 0 atom stereocenters. The maximum absolute atomic E-state index is 13.2. The van der Waals surface area contributed by atoms with Crippen molar-refractivity contribution in [2.24, 2.45) is 0 Å². The van der Waals surface area contributed by atoms with Crippen LogP contribution < -0.4 is 16.4 Å². The van der Waals surface area contributed by atoms with E-state index in [1.54, 1.807) is 36.4 Å². The first-order valence-electron chi connectivity index (χ1n) is 9.56. The number of nitrogens with zero attached hydrogens (tertiary/aromatic N) is 1. The Kier molecular flexibility index (Phi) is 5.57. The van der Waals surface area contributed by atoms with Gasteiger partial charge in [-0.15, -0.1) is 0 Å². The molecular weight excluding hydrogens is 406 g/mol. The summed E-state index contributed by atoms with van der Waals surface area (Å²) in [5.41, 5.74) is 0.362. The highest BCUT2D eigenvalue weighted by atomic mass is 35.5. The number of nitrogens with one attached hydrogen (secondary N) is 2. The highest BCUT2D eigenvalue weighted by Gasteiger charge is 2.36. The topological polar surface area (TPSA) is 93.2 Å². The van der Waals surface area contributed by atoms with Crippen LogP contribution in [-0.4, -0.2) is 28.9 Å². The van der Waals surface area contributed by atoms with Gasteiger partial charge in [0.05, 0.1) is 11.2 Å². The predicted octanol–water partition coefficient (Wildman–Crippen LogP) is 2.61. The lowest BCUT2D eigenvalue weighted by Crippen LogP contribution is -2.49. The second-order valence-electron chi connectivity index (χ2n) is 7.19. The molecule has 154 valence electrons. The van der Waals surface area contributed by atoms with Crippen molar-refractivity contribution in [1.82, 2.24) is 15.1 Å². The van der Waals surface area contributed by atoms with Crippen LogP contribution >= 0.6 is 11.6 Å². The fourth-order valence-electron chi connectivity index (χ4n) is 3.67. The average molecular weight is 426 g/mol. The van der Waals surface area contributed by atoms with Crippen molar-refractivity contribution in [2.45, 2.75) is 18.4 Å². The van der Waals surface area contributed by atoms with Crippen LogP contribution in [0.4, 0.5) is 0 Å². The zero-order chi connectivity index (χ0) is 21.1. The Hall–Kier alpha value is -3.16. The molecule has 0 spiro atoms. The third kappa shape index (κ3) is 4.08. The molecule has 7 nitrogen and oxygen atoms in total. The molecule has 1 saturated heterocycles. The second-order valence-corrected chi connectivity index (χ2v) is 7.63. The number of H-pyrrole nitrogens is 1. The lowest BCUT2D eigenvalue weighted by Gasteiger charge is -2.38. The SMILES string of the molecule is O=C(NC1(c2ccc(Cl)cc2)CCOCC1)c1cccc(-n2[nH]c(=O)ccc2=O)c1. The van der Waals surface area contributed by atoms with Crippen LogP contribution in [-0.2, 0) is 10.3 Å². The van der Waals surface area contributed by atoms with E-state index in [1.807, 2.05) is 12.1 Å². The molecule has 0 bridgehead atoms. The molecule has 2 heterocycles. The van der Waals surface area contributed by atoms with Gasteiger partial charge in [-0.2, -0.15) is 0 Å². The first kappa shape index (κ1) is 20.1. The van der Waals surface area contributed by atoms with Crippen LogP contribution in [0, 0.1) is 0 Å². The van der Waals surface area contributed by atoms with Gasteiger partial charge in [-0.3, -0.25) is 19.5 Å². The Morgan fingerprint density at radius 3 is 2.50 bits per heavy atom. The number of rotatable bonds is 4. The molecule has 1 aliphatic rings. The summed E-state index contributed by atoms with van der Waals surface area (Å²) in [5.74, 6) is -0.278. The number of halogens is 1. The lowest BCUT2D eigenvalue weighted by atomic mass is 9.82. The molecule has 1 aromatic heterocycles. The number of hydrogen-bond donors (Lipinski definition) is 2. The molecule has 2 N–H and O–H groups in total. The van der Waals surface area contributed by atoms with E-state index in [0.29, 0.717) is 42.3 Å². The van der Waals surface area contributed by atoms with Crippen molar-refractivity contribution >= 4 is 17.5 Å². The highest BCUT2D eigenvalue weighted by molar-refractivity contribution is 6.30. The number of ether oxygens (including phenoxy) is 1. The fourth-order valence-corrected chi connectivity index (χ4v) is 3.79. The normalized spacial score (nSPS) is 15.5. The molecule has 0 radical (unpaired) electrons. The summed E-state index contributed by atoms with van der Waals surface area (Å²) < 4.78 is 6.62. The molecule has 1 amide bonds. The lowest BCUT2D eigenvalue weighted by molar-refractivity contribution is 0.0345. The minimum Gasteiger partial charge on any atom is -0.381 e. The van der Waals surface area contributed by atoms with Gasteiger partial charge in [0.25, 0.3) is 17.0 Å². The van der Waals surface area contributed by atoms with E-state index in [0.717, 1.165) is 16.3 Å². The molecule has 1 fully saturated rings. The molecule has 4 rings (SSSR count). The molecule has 30 heavy (non-hydrogen) atoms. The summed E-state index contributed by atoms with van der Waals surface area (Å²) in [6, 6.07) is 16.3. The van der Waals surface area contributed by atoms with Crippen LogP contribution in [0.15, 0.2) is 70.3 Å². The predicted molar refractivity (Wildman–Crippen MR) is 113 cm³/mol. The van der Waals surface area contributed by atoms with Crippen LogP contribution in [0.1, 0.15) is 28.8 Å². The Morgan fingerprint density at radius 2 is 1.77 bits per heavy atom. The van der Waals surface area contributed by atoms with Gasteiger partial charge in [0, 0.05) is 35.9 Å². The van der Waals surface area contributed by atoms with E-state index in [2.05, 4.69) is 10.4 Å². The molecule has 0 aliphatic carbocycles. The number of amides is 1. The Labute approximate surface area is 177 Å². The Bertz CT molecular complexity index is 1180. The minimum atomic E-state index is -0.576. The van der Waals surface area contributed by atoms with E-state index in [4.69, 9.17) is 16.3 Å². The van der Waals surface area contributed by atoms with E-state index in [1.165, 1.54) is 6.07 Å². The molecule has 1 aliphatic heterocycles. The molecule has 8 heteroatoms. The van der Waals surface area contributed by atoms with Crippen molar-refractivity contribution in [1.29, 1.82) is 0 Å². The maximum atomic E-state index is 13.2. The maximum Gasteiger partial charge on any atom is 0.269 e. The monoisotopic (exact) mass is 425 g/mol. The zero-order valence-electron chi connectivity index (χ0n) is 16.1. The van der Waals surface area contributed by atoms with Crippen molar-refractivity contribution in [3.8, 4) is 5.69 Å². The first-order chi connectivity index (χ1) is 14.5. The van der Waals surface area contributed by atoms with Crippen LogP contribution in [0.25, 0.3) is 5.69 Å². The van der Waals surface area contributed by atoms with Crippen molar-refractivity contribution < 1.29 is 9.53 Å². The number of aromatic amines is 1. The van der Waals surface area contributed by atoms with Gasteiger partial charge in [0.1, 0.15) is 0 Å². The summed E-state index contributed by atoms with van der Waals surface area (Å²) >= 11 is 6.03. The summed E-state index contributed by atoms with van der Waals surface area (Å²) in [4.78, 5) is 36.9. The van der Waals surface area contributed by atoms with Gasteiger partial charge in [-0.25, -0.2) is 4.68 Å². The molecule has 3 aromatic rings. The van der Waals surface area contributed by atoms with Gasteiger partial charge in [0.2, 0.25) is 0 Å². The standard InChI is InChI=1S/C22H20ClN3O4/c23-17-6-4-16(5-7-17)22(10-12-30-13-11-22)24-21(29)15-2-1-3-18(14-15)26-20(28)9-8-19(27)25-26/h1-9,14H,10-13H2,(H,24,29)(H,25,27). The number of carbonyl (C=O) groups is 1. The molecule has 0 unspecified atom stereocenters. The van der Waals surface area contributed by atoms with E-state index >= 15 is 0 Å². The minimum absolute atomic E-state index is 0.278. The van der Waals surface area contributed by atoms with Crippen LogP contribution in [0.2, 0.25) is 5.02 Å².